The summed E-state index contributed by atoms with van der Waals surface area (Å²) in [5, 5.41) is 3.03. The average molecular weight is 356 g/mol. The number of aliphatic imine (C=N–C) groups is 2. The van der Waals surface area contributed by atoms with Crippen LogP contribution >= 0.6 is 0 Å². The van der Waals surface area contributed by atoms with Crippen LogP contribution in [0.15, 0.2) is 34.3 Å². The highest BCUT2D eigenvalue weighted by molar-refractivity contribution is 6.10. The lowest BCUT2D eigenvalue weighted by Gasteiger charge is -2.46. The number of benzene rings is 1. The molecular weight excluding hydrogens is 328 g/mol. The lowest BCUT2D eigenvalue weighted by atomic mass is 9.87. The fraction of sp³-hybridized carbons (Fsp3) is 0.526. The first-order chi connectivity index (χ1) is 12.5. The fourth-order valence-electron chi connectivity index (χ4n) is 3.73. The number of amides is 1. The molecule has 7 heteroatoms. The summed E-state index contributed by atoms with van der Waals surface area (Å²) in [4.78, 5) is 23.6. The van der Waals surface area contributed by atoms with Crippen LogP contribution in [-0.4, -0.2) is 29.5 Å². The Morgan fingerprint density at radius 1 is 1.27 bits per heavy atom. The van der Waals surface area contributed by atoms with Crippen molar-refractivity contribution in [3.63, 3.8) is 0 Å². The molecular formula is C19H28N6O. The quantitative estimate of drug-likeness (QED) is 0.769. The average Bonchev–Trinajstić information content (AvgIpc) is 2.61. The molecule has 26 heavy (non-hydrogen) atoms. The number of carbonyl (C=O) groups is 1. The van der Waals surface area contributed by atoms with Crippen LogP contribution in [0.3, 0.4) is 0 Å². The summed E-state index contributed by atoms with van der Waals surface area (Å²) in [6, 6.07) is 7.58. The SMILES string of the molecule is CCC(C)NC(=O)c1ccccc1N1C(N)=NC(N)=NC12CCCCC2. The van der Waals surface area contributed by atoms with Crippen LogP contribution in [0.1, 0.15) is 62.7 Å². The standard InChI is InChI=1S/C19H28N6O/c1-3-13(2)22-16(26)14-9-5-6-10-15(14)25-18(21)23-17(20)24-19(25)11-7-4-8-12-19/h5-6,9-10,13H,3-4,7-8,11-12H2,1-2H3,(H,22,26)(H4,20,21,23,24). The minimum Gasteiger partial charge on any atom is -0.369 e. The molecule has 1 aromatic rings. The van der Waals surface area contributed by atoms with Crippen molar-refractivity contribution in [3.05, 3.63) is 29.8 Å². The van der Waals surface area contributed by atoms with E-state index >= 15 is 0 Å². The van der Waals surface area contributed by atoms with Gasteiger partial charge in [-0.25, -0.2) is 4.99 Å². The van der Waals surface area contributed by atoms with Crippen molar-refractivity contribution in [2.24, 2.45) is 21.5 Å². The van der Waals surface area contributed by atoms with Crippen molar-refractivity contribution in [3.8, 4) is 0 Å². The summed E-state index contributed by atoms with van der Waals surface area (Å²) in [5.41, 5.74) is 13.0. The number of nitrogens with one attached hydrogen (secondary N) is 1. The van der Waals surface area contributed by atoms with Gasteiger partial charge in [-0.1, -0.05) is 25.5 Å². The zero-order valence-electron chi connectivity index (χ0n) is 15.5. The fourth-order valence-corrected chi connectivity index (χ4v) is 3.73. The van der Waals surface area contributed by atoms with Crippen molar-refractivity contribution in [2.45, 2.75) is 64.1 Å². The van der Waals surface area contributed by atoms with Gasteiger partial charge in [0.2, 0.25) is 11.9 Å². The molecule has 1 atom stereocenters. The second-order valence-corrected chi connectivity index (χ2v) is 7.12. The Morgan fingerprint density at radius 3 is 2.65 bits per heavy atom. The third-order valence-corrected chi connectivity index (χ3v) is 5.23. The van der Waals surface area contributed by atoms with Crippen molar-refractivity contribution < 1.29 is 4.79 Å². The molecule has 1 fully saturated rings. The molecule has 140 valence electrons. The highest BCUT2D eigenvalue weighted by atomic mass is 16.1. The number of anilines is 1. The van der Waals surface area contributed by atoms with E-state index in [0.29, 0.717) is 11.5 Å². The van der Waals surface area contributed by atoms with E-state index in [-0.39, 0.29) is 17.9 Å². The molecule has 1 amide bonds. The van der Waals surface area contributed by atoms with Gasteiger partial charge in [0, 0.05) is 6.04 Å². The molecule has 1 spiro atoms. The Kier molecular flexibility index (Phi) is 5.15. The number of carbonyl (C=O) groups excluding carboxylic acids is 1. The Bertz CT molecular complexity index is 735. The predicted octanol–water partition coefficient (Wildman–Crippen LogP) is 2.32. The van der Waals surface area contributed by atoms with Gasteiger partial charge in [-0.3, -0.25) is 9.69 Å². The van der Waals surface area contributed by atoms with Gasteiger partial charge >= 0.3 is 0 Å². The van der Waals surface area contributed by atoms with Gasteiger partial charge in [-0.2, -0.15) is 4.99 Å². The van der Waals surface area contributed by atoms with Gasteiger partial charge in [0.15, 0.2) is 0 Å². The predicted molar refractivity (Wildman–Crippen MR) is 105 cm³/mol. The zero-order valence-corrected chi connectivity index (χ0v) is 15.5. The Morgan fingerprint density at radius 2 is 1.96 bits per heavy atom. The summed E-state index contributed by atoms with van der Waals surface area (Å²) in [7, 11) is 0. The number of nitrogens with two attached hydrogens (primary N) is 2. The largest absolute Gasteiger partial charge is 0.369 e. The van der Waals surface area contributed by atoms with E-state index in [2.05, 4.69) is 15.3 Å². The molecule has 1 unspecified atom stereocenters. The van der Waals surface area contributed by atoms with E-state index in [0.717, 1.165) is 44.2 Å². The van der Waals surface area contributed by atoms with Gasteiger partial charge in [-0.15, -0.1) is 0 Å². The van der Waals surface area contributed by atoms with Crippen molar-refractivity contribution in [2.75, 3.05) is 4.90 Å². The molecule has 0 saturated heterocycles. The first-order valence-corrected chi connectivity index (χ1v) is 9.36. The topological polar surface area (TPSA) is 109 Å². The first kappa shape index (κ1) is 18.2. The lowest BCUT2D eigenvalue weighted by Crippen LogP contribution is -2.58. The third-order valence-electron chi connectivity index (χ3n) is 5.23. The minimum absolute atomic E-state index is 0.0974. The van der Waals surface area contributed by atoms with Crippen LogP contribution in [-0.2, 0) is 0 Å². The van der Waals surface area contributed by atoms with E-state index in [4.69, 9.17) is 11.5 Å². The van der Waals surface area contributed by atoms with Crippen LogP contribution < -0.4 is 21.7 Å². The lowest BCUT2D eigenvalue weighted by molar-refractivity contribution is 0.0939. The highest BCUT2D eigenvalue weighted by Crippen LogP contribution is 2.40. The van der Waals surface area contributed by atoms with Gasteiger partial charge in [-0.05, 0) is 51.2 Å². The summed E-state index contributed by atoms with van der Waals surface area (Å²) < 4.78 is 0. The minimum atomic E-state index is -0.555. The molecule has 0 aromatic heterocycles. The molecule has 7 nitrogen and oxygen atoms in total. The van der Waals surface area contributed by atoms with Crippen LogP contribution in [0.5, 0.6) is 0 Å². The third kappa shape index (κ3) is 3.38. The van der Waals surface area contributed by atoms with Crippen LogP contribution in [0.2, 0.25) is 0 Å². The van der Waals surface area contributed by atoms with Crippen LogP contribution in [0.4, 0.5) is 5.69 Å². The Labute approximate surface area is 154 Å². The Balaban J connectivity index is 2.04. The maximum absolute atomic E-state index is 12.8. The Hall–Kier alpha value is -2.57. The molecule has 1 aromatic carbocycles. The van der Waals surface area contributed by atoms with Gasteiger partial charge in [0.25, 0.3) is 5.91 Å². The highest BCUT2D eigenvalue weighted by Gasteiger charge is 2.43. The molecule has 1 heterocycles. The van der Waals surface area contributed by atoms with Crippen molar-refractivity contribution in [1.82, 2.24) is 5.32 Å². The van der Waals surface area contributed by atoms with Crippen molar-refractivity contribution in [1.29, 1.82) is 0 Å². The molecule has 1 saturated carbocycles. The van der Waals surface area contributed by atoms with E-state index < -0.39 is 5.66 Å². The molecule has 1 aliphatic heterocycles. The molecule has 0 radical (unpaired) electrons. The summed E-state index contributed by atoms with van der Waals surface area (Å²) in [6.45, 7) is 4.03. The van der Waals surface area contributed by atoms with E-state index in [9.17, 15) is 4.79 Å². The normalized spacial score (nSPS) is 20.3. The number of rotatable bonds is 4. The molecule has 5 N–H and O–H groups in total. The van der Waals surface area contributed by atoms with Gasteiger partial charge in [0.1, 0.15) is 5.66 Å². The second-order valence-electron chi connectivity index (χ2n) is 7.12. The summed E-state index contributed by atoms with van der Waals surface area (Å²) in [5.74, 6) is 0.390. The van der Waals surface area contributed by atoms with Gasteiger partial charge in [0.05, 0.1) is 11.3 Å². The zero-order chi connectivity index (χ0) is 18.7. The number of hydrogen-bond donors (Lipinski definition) is 3. The smallest absolute Gasteiger partial charge is 0.253 e. The summed E-state index contributed by atoms with van der Waals surface area (Å²) >= 11 is 0. The number of guanidine groups is 2. The number of para-hydroxylation sites is 1. The molecule has 2 aliphatic rings. The first-order valence-electron chi connectivity index (χ1n) is 9.36. The molecule has 1 aliphatic carbocycles. The maximum Gasteiger partial charge on any atom is 0.253 e. The second kappa shape index (κ2) is 7.35. The molecule has 0 bridgehead atoms. The number of nitrogens with zero attached hydrogens (tertiary/aromatic N) is 3. The van der Waals surface area contributed by atoms with Gasteiger partial charge < -0.3 is 16.8 Å². The molecule has 3 rings (SSSR count). The van der Waals surface area contributed by atoms with E-state index in [1.807, 2.05) is 43.0 Å². The van der Waals surface area contributed by atoms with E-state index in [1.54, 1.807) is 0 Å². The summed E-state index contributed by atoms with van der Waals surface area (Å²) in [6.07, 6.45) is 5.80. The monoisotopic (exact) mass is 356 g/mol. The number of hydrogen-bond acceptors (Lipinski definition) is 6. The van der Waals surface area contributed by atoms with E-state index in [1.165, 1.54) is 0 Å². The van der Waals surface area contributed by atoms with Crippen molar-refractivity contribution >= 4 is 23.5 Å². The maximum atomic E-state index is 12.8. The van der Waals surface area contributed by atoms with Crippen LogP contribution in [0, 0.1) is 0 Å². The van der Waals surface area contributed by atoms with Crippen LogP contribution in [0.25, 0.3) is 0 Å².